The molecule has 15 heavy (non-hydrogen) atoms. The van der Waals surface area contributed by atoms with Crippen LogP contribution in [0.25, 0.3) is 0 Å². The Kier molecular flexibility index (Phi) is 4.16. The van der Waals surface area contributed by atoms with E-state index in [1.807, 2.05) is 0 Å². The summed E-state index contributed by atoms with van der Waals surface area (Å²) in [6, 6.07) is 4.80. The number of aromatic hydroxyl groups is 1. The number of ether oxygens (including phenoxy) is 1. The van der Waals surface area contributed by atoms with E-state index in [9.17, 15) is 9.90 Å². The molecule has 0 atom stereocenters. The smallest absolute Gasteiger partial charge is 0.337 e. The highest BCUT2D eigenvalue weighted by Crippen LogP contribution is 2.20. The first-order chi connectivity index (χ1) is 7.19. The Morgan fingerprint density at radius 2 is 2.20 bits per heavy atom. The standard InChI is InChI=1S/C12H16O3/c1-3-4-5-9-8-10(12(14)15-2)6-7-11(9)13/h6-8,13H,3-5H2,1-2H3. The van der Waals surface area contributed by atoms with Gasteiger partial charge in [-0.05, 0) is 36.6 Å². The van der Waals surface area contributed by atoms with Crippen LogP contribution in [0.4, 0.5) is 0 Å². The van der Waals surface area contributed by atoms with E-state index in [0.29, 0.717) is 5.56 Å². The van der Waals surface area contributed by atoms with Crippen molar-refractivity contribution in [1.82, 2.24) is 0 Å². The van der Waals surface area contributed by atoms with Gasteiger partial charge in [0.05, 0.1) is 12.7 Å². The van der Waals surface area contributed by atoms with Crippen molar-refractivity contribution >= 4 is 5.97 Å². The average molecular weight is 208 g/mol. The van der Waals surface area contributed by atoms with E-state index >= 15 is 0 Å². The summed E-state index contributed by atoms with van der Waals surface area (Å²) < 4.78 is 4.62. The fourth-order valence-electron chi connectivity index (χ4n) is 1.40. The van der Waals surface area contributed by atoms with Crippen LogP contribution in [0.15, 0.2) is 18.2 Å². The van der Waals surface area contributed by atoms with Crippen molar-refractivity contribution < 1.29 is 14.6 Å². The highest BCUT2D eigenvalue weighted by Gasteiger charge is 2.08. The first kappa shape index (κ1) is 11.6. The molecular formula is C12H16O3. The lowest BCUT2D eigenvalue weighted by molar-refractivity contribution is 0.0600. The van der Waals surface area contributed by atoms with Crippen molar-refractivity contribution in [3.8, 4) is 5.75 Å². The van der Waals surface area contributed by atoms with E-state index in [1.54, 1.807) is 12.1 Å². The molecule has 0 aromatic heterocycles. The molecule has 1 rings (SSSR count). The van der Waals surface area contributed by atoms with Gasteiger partial charge in [-0.2, -0.15) is 0 Å². The molecule has 0 bridgehead atoms. The molecule has 0 amide bonds. The molecule has 3 heteroatoms. The topological polar surface area (TPSA) is 46.5 Å². The van der Waals surface area contributed by atoms with Crippen LogP contribution in [0.5, 0.6) is 5.75 Å². The van der Waals surface area contributed by atoms with E-state index in [-0.39, 0.29) is 11.7 Å². The van der Waals surface area contributed by atoms with Crippen LogP contribution in [0.1, 0.15) is 35.7 Å². The molecule has 0 aliphatic heterocycles. The Hall–Kier alpha value is -1.51. The fraction of sp³-hybridized carbons (Fsp3) is 0.417. The van der Waals surface area contributed by atoms with E-state index in [1.165, 1.54) is 13.2 Å². The van der Waals surface area contributed by atoms with Gasteiger partial charge in [0, 0.05) is 0 Å². The van der Waals surface area contributed by atoms with Gasteiger partial charge in [-0.15, -0.1) is 0 Å². The number of hydrogen-bond acceptors (Lipinski definition) is 3. The van der Waals surface area contributed by atoms with Crippen molar-refractivity contribution in [2.45, 2.75) is 26.2 Å². The monoisotopic (exact) mass is 208 g/mol. The number of carbonyl (C=O) groups excluding carboxylic acids is 1. The summed E-state index contributed by atoms with van der Waals surface area (Å²) in [5, 5.41) is 9.56. The maximum absolute atomic E-state index is 11.2. The molecule has 0 aliphatic rings. The lowest BCUT2D eigenvalue weighted by atomic mass is 10.0. The van der Waals surface area contributed by atoms with Gasteiger partial charge < -0.3 is 9.84 Å². The number of phenolic OH excluding ortho intramolecular Hbond substituents is 1. The molecule has 0 fully saturated rings. The van der Waals surface area contributed by atoms with Crippen molar-refractivity contribution in [2.24, 2.45) is 0 Å². The summed E-state index contributed by atoms with van der Waals surface area (Å²) >= 11 is 0. The number of carbonyl (C=O) groups is 1. The maximum atomic E-state index is 11.2. The Morgan fingerprint density at radius 3 is 2.80 bits per heavy atom. The van der Waals surface area contributed by atoms with Gasteiger partial charge in [0.25, 0.3) is 0 Å². The number of methoxy groups -OCH3 is 1. The zero-order chi connectivity index (χ0) is 11.3. The SMILES string of the molecule is CCCCc1cc(C(=O)OC)ccc1O. The lowest BCUT2D eigenvalue weighted by Crippen LogP contribution is -2.01. The molecule has 1 aromatic rings. The van der Waals surface area contributed by atoms with Gasteiger partial charge in [-0.25, -0.2) is 4.79 Å². The number of aryl methyl sites for hydroxylation is 1. The molecule has 3 nitrogen and oxygen atoms in total. The third-order valence-electron chi connectivity index (χ3n) is 2.30. The molecule has 0 unspecified atom stereocenters. The largest absolute Gasteiger partial charge is 0.508 e. The zero-order valence-electron chi connectivity index (χ0n) is 9.12. The third kappa shape index (κ3) is 2.98. The average Bonchev–Trinajstić information content (AvgIpc) is 2.27. The van der Waals surface area contributed by atoms with Crippen LogP contribution in [-0.4, -0.2) is 18.2 Å². The Morgan fingerprint density at radius 1 is 1.47 bits per heavy atom. The summed E-state index contributed by atoms with van der Waals surface area (Å²) in [7, 11) is 1.35. The first-order valence-electron chi connectivity index (χ1n) is 5.09. The van der Waals surface area contributed by atoms with Crippen LogP contribution in [0.2, 0.25) is 0 Å². The van der Waals surface area contributed by atoms with E-state index in [2.05, 4.69) is 11.7 Å². The van der Waals surface area contributed by atoms with Crippen molar-refractivity contribution in [1.29, 1.82) is 0 Å². The van der Waals surface area contributed by atoms with Crippen LogP contribution in [0, 0.1) is 0 Å². The van der Waals surface area contributed by atoms with E-state index in [0.717, 1.165) is 24.8 Å². The lowest BCUT2D eigenvalue weighted by Gasteiger charge is -2.06. The Labute approximate surface area is 89.7 Å². The molecule has 82 valence electrons. The second-order valence-electron chi connectivity index (χ2n) is 3.44. The molecule has 0 spiro atoms. The number of esters is 1. The fourth-order valence-corrected chi connectivity index (χ4v) is 1.40. The van der Waals surface area contributed by atoms with E-state index in [4.69, 9.17) is 0 Å². The van der Waals surface area contributed by atoms with Gasteiger partial charge >= 0.3 is 5.97 Å². The summed E-state index contributed by atoms with van der Waals surface area (Å²) in [6.07, 6.45) is 2.84. The molecule has 0 heterocycles. The van der Waals surface area contributed by atoms with Crippen molar-refractivity contribution in [3.05, 3.63) is 29.3 Å². The van der Waals surface area contributed by atoms with Crippen LogP contribution in [-0.2, 0) is 11.2 Å². The first-order valence-corrected chi connectivity index (χ1v) is 5.09. The van der Waals surface area contributed by atoms with Gasteiger partial charge in [0.1, 0.15) is 5.75 Å². The minimum atomic E-state index is -0.368. The molecule has 1 N–H and O–H groups in total. The number of benzene rings is 1. The Bertz CT molecular complexity index is 345. The van der Waals surface area contributed by atoms with Crippen LogP contribution >= 0.6 is 0 Å². The molecule has 0 radical (unpaired) electrons. The van der Waals surface area contributed by atoms with Gasteiger partial charge in [0.15, 0.2) is 0 Å². The highest BCUT2D eigenvalue weighted by atomic mass is 16.5. The van der Waals surface area contributed by atoms with Crippen molar-refractivity contribution in [3.63, 3.8) is 0 Å². The normalized spacial score (nSPS) is 10.0. The predicted octanol–water partition coefficient (Wildman–Crippen LogP) is 2.52. The second-order valence-corrected chi connectivity index (χ2v) is 3.44. The Balaban J connectivity index is 2.89. The molecule has 0 saturated carbocycles. The van der Waals surface area contributed by atoms with Gasteiger partial charge in [0.2, 0.25) is 0 Å². The molecule has 0 saturated heterocycles. The quantitative estimate of drug-likeness (QED) is 0.773. The summed E-state index contributed by atoms with van der Waals surface area (Å²) in [5.74, 6) is -0.121. The summed E-state index contributed by atoms with van der Waals surface area (Å²) in [5.41, 5.74) is 1.29. The number of unbranched alkanes of at least 4 members (excludes halogenated alkanes) is 1. The maximum Gasteiger partial charge on any atom is 0.337 e. The molecule has 1 aromatic carbocycles. The van der Waals surface area contributed by atoms with Crippen LogP contribution in [0.3, 0.4) is 0 Å². The van der Waals surface area contributed by atoms with Gasteiger partial charge in [-0.3, -0.25) is 0 Å². The molecule has 0 aliphatic carbocycles. The van der Waals surface area contributed by atoms with Crippen molar-refractivity contribution in [2.75, 3.05) is 7.11 Å². The minimum absolute atomic E-state index is 0.246. The molecular weight excluding hydrogens is 192 g/mol. The number of phenols is 1. The van der Waals surface area contributed by atoms with E-state index < -0.39 is 0 Å². The highest BCUT2D eigenvalue weighted by molar-refractivity contribution is 5.89. The number of hydrogen-bond donors (Lipinski definition) is 1. The minimum Gasteiger partial charge on any atom is -0.508 e. The second kappa shape index (κ2) is 5.39. The van der Waals surface area contributed by atoms with Crippen LogP contribution < -0.4 is 0 Å². The number of rotatable bonds is 4. The van der Waals surface area contributed by atoms with Gasteiger partial charge in [-0.1, -0.05) is 13.3 Å². The predicted molar refractivity (Wildman–Crippen MR) is 58.1 cm³/mol. The summed E-state index contributed by atoms with van der Waals surface area (Å²) in [6.45, 7) is 2.08. The third-order valence-corrected chi connectivity index (χ3v) is 2.30. The zero-order valence-corrected chi connectivity index (χ0v) is 9.12. The summed E-state index contributed by atoms with van der Waals surface area (Å²) in [4.78, 5) is 11.2.